The summed E-state index contributed by atoms with van der Waals surface area (Å²) in [5, 5.41) is 5.06. The summed E-state index contributed by atoms with van der Waals surface area (Å²) in [7, 11) is 0. The fraction of sp³-hybridized carbons (Fsp3) is 0.609. The second-order valence-corrected chi connectivity index (χ2v) is 8.68. The van der Waals surface area contributed by atoms with Gasteiger partial charge in [-0.1, -0.05) is 31.0 Å². The van der Waals surface area contributed by atoms with Crippen LogP contribution in [0.15, 0.2) is 24.3 Å². The lowest BCUT2D eigenvalue weighted by molar-refractivity contribution is -0.133. The first kappa shape index (κ1) is 18.5. The van der Waals surface area contributed by atoms with Crippen LogP contribution in [0, 0.1) is 13.8 Å². The van der Waals surface area contributed by atoms with Crippen molar-refractivity contribution in [3.8, 4) is 0 Å². The normalized spacial score (nSPS) is 26.0. The molecule has 0 unspecified atom stereocenters. The van der Waals surface area contributed by atoms with Gasteiger partial charge in [0.25, 0.3) is 0 Å². The average Bonchev–Trinajstić information content (AvgIpc) is 3.09. The van der Waals surface area contributed by atoms with Crippen LogP contribution in [-0.2, 0) is 11.3 Å². The number of hydrogen-bond donors (Lipinski definition) is 1. The summed E-state index contributed by atoms with van der Waals surface area (Å²) in [4.78, 5) is 15.3. The molecule has 1 N–H and O–H groups in total. The van der Waals surface area contributed by atoms with Gasteiger partial charge < -0.3 is 14.8 Å². The standard InChI is InChI=1S/C23H33N3O/c1-17-18(2)25(20-10-7-6-9-19(17)20)15-12-22(27)26-16-13-23(3)21(26)11-5-4-8-14-24-23/h6-7,9-10,21,24H,4-5,8,11-16H2,1-3H3/t21-,23-/m0/s1. The predicted octanol–water partition coefficient (Wildman–Crippen LogP) is 4.17. The zero-order valence-electron chi connectivity index (χ0n) is 17.1. The van der Waals surface area contributed by atoms with E-state index >= 15 is 0 Å². The molecular formula is C23H33N3O. The van der Waals surface area contributed by atoms with Crippen LogP contribution in [-0.4, -0.2) is 40.0 Å². The maximum atomic E-state index is 13.2. The van der Waals surface area contributed by atoms with Gasteiger partial charge in [-0.25, -0.2) is 0 Å². The molecule has 0 spiro atoms. The summed E-state index contributed by atoms with van der Waals surface area (Å²) in [5.41, 5.74) is 3.96. The molecule has 4 rings (SSSR count). The summed E-state index contributed by atoms with van der Waals surface area (Å²) in [6.07, 6.45) is 6.58. The predicted molar refractivity (Wildman–Crippen MR) is 111 cm³/mol. The first-order valence-corrected chi connectivity index (χ1v) is 10.6. The van der Waals surface area contributed by atoms with E-state index in [-0.39, 0.29) is 5.54 Å². The van der Waals surface area contributed by atoms with Crippen LogP contribution < -0.4 is 5.32 Å². The molecule has 2 aliphatic rings. The Morgan fingerprint density at radius 2 is 2.04 bits per heavy atom. The van der Waals surface area contributed by atoms with Crippen LogP contribution in [0.5, 0.6) is 0 Å². The largest absolute Gasteiger partial charge is 0.344 e. The van der Waals surface area contributed by atoms with Gasteiger partial charge in [-0.15, -0.1) is 0 Å². The zero-order valence-corrected chi connectivity index (χ0v) is 17.1. The lowest BCUT2D eigenvalue weighted by Gasteiger charge is -2.38. The summed E-state index contributed by atoms with van der Waals surface area (Å²) in [6.45, 7) is 9.43. The van der Waals surface area contributed by atoms with Crippen molar-refractivity contribution < 1.29 is 4.79 Å². The highest BCUT2D eigenvalue weighted by Gasteiger charge is 2.45. The van der Waals surface area contributed by atoms with E-state index in [1.54, 1.807) is 0 Å². The van der Waals surface area contributed by atoms with E-state index < -0.39 is 0 Å². The zero-order chi connectivity index (χ0) is 19.0. The van der Waals surface area contributed by atoms with Crippen molar-refractivity contribution in [2.45, 2.75) is 77.4 Å². The van der Waals surface area contributed by atoms with Crippen LogP contribution >= 0.6 is 0 Å². The number of aryl methyl sites for hydroxylation is 2. The molecule has 146 valence electrons. The molecule has 0 saturated carbocycles. The minimum absolute atomic E-state index is 0.0999. The second kappa shape index (κ2) is 7.31. The third kappa shape index (κ3) is 3.29. The Morgan fingerprint density at radius 3 is 2.89 bits per heavy atom. The molecule has 2 aromatic rings. The van der Waals surface area contributed by atoms with Crippen LogP contribution in [0.3, 0.4) is 0 Å². The summed E-state index contributed by atoms with van der Waals surface area (Å²) in [5.74, 6) is 0.320. The Hall–Kier alpha value is -1.81. The van der Waals surface area contributed by atoms with Gasteiger partial charge in [0.2, 0.25) is 5.91 Å². The van der Waals surface area contributed by atoms with Crippen molar-refractivity contribution in [2.24, 2.45) is 0 Å². The summed E-state index contributed by atoms with van der Waals surface area (Å²) < 4.78 is 2.33. The van der Waals surface area contributed by atoms with Crippen LogP contribution in [0.25, 0.3) is 10.9 Å². The van der Waals surface area contributed by atoms with Gasteiger partial charge in [-0.2, -0.15) is 0 Å². The number of para-hydroxylation sites is 1. The van der Waals surface area contributed by atoms with Crippen molar-refractivity contribution in [1.29, 1.82) is 0 Å². The van der Waals surface area contributed by atoms with Gasteiger partial charge in [-0.05, 0) is 58.2 Å². The SMILES string of the molecule is Cc1c(C)n(CCC(=O)N2CC[C@]3(C)NCCCCC[C@H]23)c2ccccc12. The van der Waals surface area contributed by atoms with Gasteiger partial charge in [0.1, 0.15) is 0 Å². The van der Waals surface area contributed by atoms with Gasteiger partial charge in [0.05, 0.1) is 0 Å². The Balaban J connectivity index is 1.49. The third-order valence-corrected chi connectivity index (χ3v) is 7.08. The Labute approximate surface area is 162 Å². The average molecular weight is 368 g/mol. The van der Waals surface area contributed by atoms with Crippen molar-refractivity contribution in [2.75, 3.05) is 13.1 Å². The fourth-order valence-corrected chi connectivity index (χ4v) is 5.25. The van der Waals surface area contributed by atoms with E-state index in [0.29, 0.717) is 18.4 Å². The molecule has 1 amide bonds. The van der Waals surface area contributed by atoms with E-state index in [1.807, 2.05) is 0 Å². The first-order valence-electron chi connectivity index (χ1n) is 10.6. The lowest BCUT2D eigenvalue weighted by Crippen LogP contribution is -2.54. The molecule has 2 atom stereocenters. The van der Waals surface area contributed by atoms with Crippen molar-refractivity contribution in [3.05, 3.63) is 35.5 Å². The molecule has 2 aliphatic heterocycles. The number of nitrogens with zero attached hydrogens (tertiary/aromatic N) is 2. The van der Waals surface area contributed by atoms with E-state index in [0.717, 1.165) is 32.5 Å². The van der Waals surface area contributed by atoms with Gasteiger partial charge in [0, 0.05) is 47.7 Å². The van der Waals surface area contributed by atoms with Crippen molar-refractivity contribution in [3.63, 3.8) is 0 Å². The van der Waals surface area contributed by atoms with E-state index in [9.17, 15) is 4.79 Å². The molecule has 0 aliphatic carbocycles. The number of nitrogens with one attached hydrogen (secondary N) is 1. The molecule has 4 nitrogen and oxygen atoms in total. The van der Waals surface area contributed by atoms with Crippen molar-refractivity contribution >= 4 is 16.8 Å². The number of likely N-dealkylation sites (tertiary alicyclic amines) is 1. The second-order valence-electron chi connectivity index (χ2n) is 8.68. The van der Waals surface area contributed by atoms with Gasteiger partial charge in [0.15, 0.2) is 0 Å². The van der Waals surface area contributed by atoms with Crippen LogP contribution in [0.4, 0.5) is 0 Å². The highest BCUT2D eigenvalue weighted by atomic mass is 16.2. The lowest BCUT2D eigenvalue weighted by atomic mass is 9.87. The maximum Gasteiger partial charge on any atom is 0.224 e. The number of amides is 1. The molecule has 4 heteroatoms. The molecule has 2 fully saturated rings. The number of fused-ring (bicyclic) bond motifs is 2. The molecule has 2 saturated heterocycles. The number of carbonyl (C=O) groups excluding carboxylic acids is 1. The summed E-state index contributed by atoms with van der Waals surface area (Å²) in [6, 6.07) is 8.89. The van der Waals surface area contributed by atoms with E-state index in [4.69, 9.17) is 0 Å². The molecule has 0 radical (unpaired) electrons. The molecule has 1 aromatic heterocycles. The van der Waals surface area contributed by atoms with Crippen molar-refractivity contribution in [1.82, 2.24) is 14.8 Å². The molecule has 1 aromatic carbocycles. The Bertz CT molecular complexity index is 840. The van der Waals surface area contributed by atoms with Gasteiger partial charge >= 0.3 is 0 Å². The highest BCUT2D eigenvalue weighted by Crippen LogP contribution is 2.34. The minimum Gasteiger partial charge on any atom is -0.344 e. The molecule has 27 heavy (non-hydrogen) atoms. The first-order chi connectivity index (χ1) is 13.0. The van der Waals surface area contributed by atoms with Crippen LogP contribution in [0.1, 0.15) is 56.7 Å². The van der Waals surface area contributed by atoms with E-state index in [1.165, 1.54) is 41.4 Å². The number of aromatic nitrogens is 1. The van der Waals surface area contributed by atoms with Gasteiger partial charge in [-0.3, -0.25) is 4.79 Å². The summed E-state index contributed by atoms with van der Waals surface area (Å²) >= 11 is 0. The number of rotatable bonds is 3. The third-order valence-electron chi connectivity index (χ3n) is 7.08. The van der Waals surface area contributed by atoms with E-state index in [2.05, 4.69) is 59.8 Å². The molecule has 0 bridgehead atoms. The quantitative estimate of drug-likeness (QED) is 0.884. The minimum atomic E-state index is 0.0999. The molecular weight excluding hydrogens is 334 g/mol. The monoisotopic (exact) mass is 367 g/mol. The van der Waals surface area contributed by atoms with Crippen LogP contribution in [0.2, 0.25) is 0 Å². The Morgan fingerprint density at radius 1 is 1.22 bits per heavy atom. The number of benzene rings is 1. The highest BCUT2D eigenvalue weighted by molar-refractivity contribution is 5.85. The number of hydrogen-bond acceptors (Lipinski definition) is 2. The smallest absolute Gasteiger partial charge is 0.224 e. The topological polar surface area (TPSA) is 37.3 Å². The number of carbonyl (C=O) groups is 1. The Kier molecular flexibility index (Phi) is 5.02. The maximum absolute atomic E-state index is 13.2. The fourth-order valence-electron chi connectivity index (χ4n) is 5.25. The molecule has 3 heterocycles.